The lowest BCUT2D eigenvalue weighted by molar-refractivity contribution is 0.475. The molecule has 1 aromatic heterocycles. The fraction of sp³-hybridized carbons (Fsp3) is 0.250. The van der Waals surface area contributed by atoms with E-state index in [1.54, 1.807) is 0 Å². The number of nitrogens with one attached hydrogen (secondary N) is 1. The molecule has 0 fully saturated rings. The standard InChI is InChI=1S/C16H19N3O/c1-9-5-6-13(10(2)7-9)20-14-8-11(3)19-12(4)15(14)16(17)18/h5-8H,1-4H3,(H3,17,18). The van der Waals surface area contributed by atoms with Gasteiger partial charge in [-0.25, -0.2) is 0 Å². The summed E-state index contributed by atoms with van der Waals surface area (Å²) in [5.74, 6) is 1.31. The van der Waals surface area contributed by atoms with E-state index in [0.29, 0.717) is 17.0 Å². The average molecular weight is 269 g/mol. The molecule has 104 valence electrons. The van der Waals surface area contributed by atoms with Gasteiger partial charge in [0.05, 0.1) is 11.3 Å². The Balaban J connectivity index is 2.50. The number of hydrogen-bond acceptors (Lipinski definition) is 3. The Morgan fingerprint density at radius 1 is 1.10 bits per heavy atom. The molecule has 0 aliphatic rings. The highest BCUT2D eigenvalue weighted by molar-refractivity contribution is 5.98. The number of amidine groups is 1. The van der Waals surface area contributed by atoms with Gasteiger partial charge in [0, 0.05) is 11.8 Å². The van der Waals surface area contributed by atoms with Crippen LogP contribution in [0.15, 0.2) is 24.3 Å². The fourth-order valence-electron chi connectivity index (χ4n) is 2.23. The maximum absolute atomic E-state index is 7.70. The lowest BCUT2D eigenvalue weighted by Crippen LogP contribution is -2.15. The number of rotatable bonds is 3. The van der Waals surface area contributed by atoms with Crippen LogP contribution in [0.5, 0.6) is 11.5 Å². The number of nitrogens with two attached hydrogens (primary N) is 1. The van der Waals surface area contributed by atoms with Gasteiger partial charge in [0.25, 0.3) is 0 Å². The molecule has 0 aliphatic carbocycles. The molecule has 0 bridgehead atoms. The fourth-order valence-corrected chi connectivity index (χ4v) is 2.23. The number of benzene rings is 1. The molecule has 4 heteroatoms. The second-order valence-corrected chi connectivity index (χ2v) is 5.01. The van der Waals surface area contributed by atoms with Gasteiger partial charge in [0.1, 0.15) is 17.3 Å². The van der Waals surface area contributed by atoms with Crippen LogP contribution in [0.25, 0.3) is 0 Å². The van der Waals surface area contributed by atoms with Gasteiger partial charge in [-0.1, -0.05) is 17.7 Å². The van der Waals surface area contributed by atoms with Crippen molar-refractivity contribution in [2.24, 2.45) is 5.73 Å². The summed E-state index contributed by atoms with van der Waals surface area (Å²) in [4.78, 5) is 4.33. The van der Waals surface area contributed by atoms with E-state index in [9.17, 15) is 0 Å². The van der Waals surface area contributed by atoms with Gasteiger partial charge >= 0.3 is 0 Å². The zero-order chi connectivity index (χ0) is 14.9. The molecule has 20 heavy (non-hydrogen) atoms. The minimum absolute atomic E-state index is 0.0326. The van der Waals surface area contributed by atoms with Crippen LogP contribution in [0.4, 0.5) is 0 Å². The molecule has 0 spiro atoms. The van der Waals surface area contributed by atoms with Gasteiger partial charge in [0.15, 0.2) is 0 Å². The second-order valence-electron chi connectivity index (χ2n) is 5.01. The molecule has 2 aromatic rings. The lowest BCUT2D eigenvalue weighted by Gasteiger charge is -2.15. The van der Waals surface area contributed by atoms with Crippen molar-refractivity contribution in [2.75, 3.05) is 0 Å². The topological polar surface area (TPSA) is 72.0 Å². The Morgan fingerprint density at radius 2 is 1.80 bits per heavy atom. The van der Waals surface area contributed by atoms with Crippen LogP contribution in [0.1, 0.15) is 28.1 Å². The smallest absolute Gasteiger partial charge is 0.141 e. The molecule has 0 radical (unpaired) electrons. The first-order chi connectivity index (χ1) is 9.38. The number of aromatic nitrogens is 1. The van der Waals surface area contributed by atoms with E-state index >= 15 is 0 Å². The second kappa shape index (κ2) is 5.33. The van der Waals surface area contributed by atoms with Gasteiger partial charge in [-0.05, 0) is 39.3 Å². The molecule has 0 unspecified atom stereocenters. The van der Waals surface area contributed by atoms with Crippen LogP contribution in [0, 0.1) is 33.1 Å². The molecule has 0 amide bonds. The monoisotopic (exact) mass is 269 g/mol. The zero-order valence-electron chi connectivity index (χ0n) is 12.2. The van der Waals surface area contributed by atoms with Crippen LogP contribution in [-0.2, 0) is 0 Å². The minimum Gasteiger partial charge on any atom is -0.456 e. The van der Waals surface area contributed by atoms with E-state index in [1.165, 1.54) is 5.56 Å². The average Bonchev–Trinajstić information content (AvgIpc) is 2.31. The summed E-state index contributed by atoms with van der Waals surface area (Å²) in [6, 6.07) is 7.79. The number of nitrogen functional groups attached to an aromatic ring is 1. The number of nitrogens with zero attached hydrogens (tertiary/aromatic N) is 1. The van der Waals surface area contributed by atoms with Gasteiger partial charge in [-0.3, -0.25) is 10.4 Å². The molecule has 3 N–H and O–H groups in total. The van der Waals surface area contributed by atoms with E-state index in [-0.39, 0.29) is 5.84 Å². The Labute approximate surface area is 119 Å². The summed E-state index contributed by atoms with van der Waals surface area (Å²) in [7, 11) is 0. The third kappa shape index (κ3) is 2.79. The van der Waals surface area contributed by atoms with Crippen molar-refractivity contribution in [3.8, 4) is 11.5 Å². The number of hydrogen-bond donors (Lipinski definition) is 2. The summed E-state index contributed by atoms with van der Waals surface area (Å²) in [6.45, 7) is 7.76. The van der Waals surface area contributed by atoms with Gasteiger partial charge in [0.2, 0.25) is 0 Å². The molecular weight excluding hydrogens is 250 g/mol. The van der Waals surface area contributed by atoms with Crippen molar-refractivity contribution < 1.29 is 4.74 Å². The Morgan fingerprint density at radius 3 is 2.40 bits per heavy atom. The van der Waals surface area contributed by atoms with Crippen molar-refractivity contribution in [3.63, 3.8) is 0 Å². The summed E-state index contributed by atoms with van der Waals surface area (Å²) in [6.07, 6.45) is 0. The predicted molar refractivity (Wildman–Crippen MR) is 80.7 cm³/mol. The molecule has 4 nitrogen and oxygen atoms in total. The van der Waals surface area contributed by atoms with Crippen molar-refractivity contribution >= 4 is 5.84 Å². The minimum atomic E-state index is -0.0326. The number of aryl methyl sites for hydroxylation is 4. The number of pyridine rings is 1. The van der Waals surface area contributed by atoms with Crippen molar-refractivity contribution in [3.05, 3.63) is 52.3 Å². The zero-order valence-corrected chi connectivity index (χ0v) is 12.2. The van der Waals surface area contributed by atoms with E-state index in [1.807, 2.05) is 45.9 Å². The van der Waals surface area contributed by atoms with Crippen molar-refractivity contribution in [1.82, 2.24) is 4.98 Å². The molecule has 2 rings (SSSR count). The van der Waals surface area contributed by atoms with Crippen LogP contribution in [0.2, 0.25) is 0 Å². The van der Waals surface area contributed by atoms with Gasteiger partial charge in [-0.2, -0.15) is 0 Å². The van der Waals surface area contributed by atoms with E-state index in [0.717, 1.165) is 17.0 Å². The molecule has 0 atom stereocenters. The third-order valence-electron chi connectivity index (χ3n) is 3.11. The Bertz CT molecular complexity index is 678. The molecule has 0 saturated carbocycles. The maximum atomic E-state index is 7.70. The van der Waals surface area contributed by atoms with E-state index < -0.39 is 0 Å². The van der Waals surface area contributed by atoms with Crippen molar-refractivity contribution in [2.45, 2.75) is 27.7 Å². The molecule has 0 aliphatic heterocycles. The highest BCUT2D eigenvalue weighted by Gasteiger charge is 2.14. The summed E-state index contributed by atoms with van der Waals surface area (Å²) >= 11 is 0. The predicted octanol–water partition coefficient (Wildman–Crippen LogP) is 3.39. The first-order valence-corrected chi connectivity index (χ1v) is 6.46. The summed E-state index contributed by atoms with van der Waals surface area (Å²) in [5.41, 5.74) is 9.97. The van der Waals surface area contributed by atoms with Crippen LogP contribution < -0.4 is 10.5 Å². The van der Waals surface area contributed by atoms with Crippen LogP contribution >= 0.6 is 0 Å². The molecule has 1 heterocycles. The summed E-state index contributed by atoms with van der Waals surface area (Å²) in [5, 5.41) is 7.70. The Kier molecular flexibility index (Phi) is 3.74. The quantitative estimate of drug-likeness (QED) is 0.662. The molecular formula is C16H19N3O. The first-order valence-electron chi connectivity index (χ1n) is 6.46. The summed E-state index contributed by atoms with van der Waals surface area (Å²) < 4.78 is 5.96. The SMILES string of the molecule is Cc1ccc(Oc2cc(C)nc(C)c2C(=N)N)c(C)c1. The van der Waals surface area contributed by atoms with Gasteiger partial charge < -0.3 is 10.5 Å². The lowest BCUT2D eigenvalue weighted by atomic mass is 10.1. The normalized spacial score (nSPS) is 10.4. The Hall–Kier alpha value is -2.36. The molecule has 1 aromatic carbocycles. The molecule has 0 saturated heterocycles. The van der Waals surface area contributed by atoms with Crippen LogP contribution in [-0.4, -0.2) is 10.8 Å². The van der Waals surface area contributed by atoms with Gasteiger partial charge in [-0.15, -0.1) is 0 Å². The van der Waals surface area contributed by atoms with E-state index in [4.69, 9.17) is 15.9 Å². The third-order valence-corrected chi connectivity index (χ3v) is 3.11. The number of ether oxygens (including phenoxy) is 1. The van der Waals surface area contributed by atoms with Crippen molar-refractivity contribution in [1.29, 1.82) is 5.41 Å². The highest BCUT2D eigenvalue weighted by Crippen LogP contribution is 2.30. The largest absolute Gasteiger partial charge is 0.456 e. The first kappa shape index (κ1) is 14.1. The highest BCUT2D eigenvalue weighted by atomic mass is 16.5. The maximum Gasteiger partial charge on any atom is 0.141 e. The van der Waals surface area contributed by atoms with Crippen LogP contribution in [0.3, 0.4) is 0 Å². The van der Waals surface area contributed by atoms with E-state index in [2.05, 4.69) is 11.1 Å².